The minimum Gasteiger partial charge on any atom is -0.452 e. The van der Waals surface area contributed by atoms with E-state index in [1.54, 1.807) is 0 Å². The molecule has 0 rings (SSSR count). The molecule has 8 heteroatoms. The van der Waals surface area contributed by atoms with Crippen molar-refractivity contribution in [3.05, 3.63) is 0 Å². The lowest BCUT2D eigenvalue weighted by Crippen LogP contribution is -2.45. The van der Waals surface area contributed by atoms with Crippen molar-refractivity contribution >= 4 is 16.3 Å². The number of hydrogen-bond donors (Lipinski definition) is 2. The van der Waals surface area contributed by atoms with E-state index in [9.17, 15) is 13.2 Å². The van der Waals surface area contributed by atoms with Crippen LogP contribution in [0.3, 0.4) is 0 Å². The van der Waals surface area contributed by atoms with Crippen LogP contribution in [0.25, 0.3) is 0 Å². The smallest absolute Gasteiger partial charge is 0.421 e. The minimum atomic E-state index is -3.85. The quantitative estimate of drug-likeness (QED) is 0.670. The topological polar surface area (TPSA) is 102 Å². The molecule has 0 aromatic rings. The monoisotopic (exact) mass is 267 g/mol. The molecular formula is C9H21N3O4S. The van der Waals surface area contributed by atoms with Crippen LogP contribution in [0.5, 0.6) is 0 Å². The van der Waals surface area contributed by atoms with Crippen LogP contribution in [0.2, 0.25) is 0 Å². The summed E-state index contributed by atoms with van der Waals surface area (Å²) in [6.45, 7) is 4.78. The van der Waals surface area contributed by atoms with Crippen molar-refractivity contribution in [2.75, 3.05) is 26.7 Å². The first kappa shape index (κ1) is 16.1. The van der Waals surface area contributed by atoms with E-state index in [0.717, 1.165) is 7.11 Å². The van der Waals surface area contributed by atoms with Gasteiger partial charge >= 0.3 is 16.3 Å². The second-order valence-corrected chi connectivity index (χ2v) is 5.66. The van der Waals surface area contributed by atoms with Crippen molar-refractivity contribution in [1.29, 1.82) is 0 Å². The SMILES string of the molecule is COC(=O)NS(=O)(=O)N(CCCN)CC(C)C. The third-order valence-corrected chi connectivity index (χ3v) is 3.35. The first-order valence-corrected chi connectivity index (χ1v) is 6.83. The van der Waals surface area contributed by atoms with E-state index >= 15 is 0 Å². The molecule has 102 valence electrons. The zero-order valence-electron chi connectivity index (χ0n) is 10.5. The lowest BCUT2D eigenvalue weighted by molar-refractivity contribution is 0.176. The van der Waals surface area contributed by atoms with Gasteiger partial charge in [-0.2, -0.15) is 12.7 Å². The maximum atomic E-state index is 11.8. The summed E-state index contributed by atoms with van der Waals surface area (Å²) < 4.78 is 30.9. The van der Waals surface area contributed by atoms with Gasteiger partial charge in [-0.15, -0.1) is 0 Å². The molecule has 0 aliphatic rings. The number of methoxy groups -OCH3 is 1. The number of nitrogens with zero attached hydrogens (tertiary/aromatic N) is 1. The van der Waals surface area contributed by atoms with Crippen LogP contribution < -0.4 is 10.5 Å². The Morgan fingerprint density at radius 2 is 2.06 bits per heavy atom. The summed E-state index contributed by atoms with van der Waals surface area (Å²) in [5.41, 5.74) is 5.34. The second kappa shape index (κ2) is 7.46. The van der Waals surface area contributed by atoms with Crippen LogP contribution in [-0.4, -0.2) is 45.6 Å². The summed E-state index contributed by atoms with van der Waals surface area (Å²) in [6.07, 6.45) is -0.457. The molecule has 0 aromatic heterocycles. The molecule has 0 atom stereocenters. The van der Waals surface area contributed by atoms with Gasteiger partial charge in [0.05, 0.1) is 7.11 Å². The van der Waals surface area contributed by atoms with Crippen molar-refractivity contribution in [2.45, 2.75) is 20.3 Å². The van der Waals surface area contributed by atoms with E-state index in [1.807, 2.05) is 18.6 Å². The molecule has 0 unspecified atom stereocenters. The Labute approximate surface area is 102 Å². The molecule has 0 aromatic carbocycles. The number of rotatable bonds is 7. The van der Waals surface area contributed by atoms with Crippen LogP contribution in [-0.2, 0) is 14.9 Å². The average molecular weight is 267 g/mol. The molecule has 3 N–H and O–H groups in total. The van der Waals surface area contributed by atoms with E-state index in [1.165, 1.54) is 4.31 Å². The molecule has 0 heterocycles. The van der Waals surface area contributed by atoms with Gasteiger partial charge in [0.15, 0.2) is 0 Å². The zero-order chi connectivity index (χ0) is 13.5. The van der Waals surface area contributed by atoms with Crippen LogP contribution in [0, 0.1) is 5.92 Å². The predicted molar refractivity (Wildman–Crippen MR) is 64.5 cm³/mol. The Morgan fingerprint density at radius 1 is 1.47 bits per heavy atom. The van der Waals surface area contributed by atoms with Gasteiger partial charge in [-0.3, -0.25) is 0 Å². The maximum Gasteiger partial charge on any atom is 0.421 e. The molecule has 0 radical (unpaired) electrons. The molecule has 0 fully saturated rings. The summed E-state index contributed by atoms with van der Waals surface area (Å²) in [5.74, 6) is 0.155. The minimum absolute atomic E-state index is 0.155. The first-order chi connectivity index (χ1) is 7.83. The van der Waals surface area contributed by atoms with Crippen LogP contribution in [0.4, 0.5) is 4.79 Å². The molecule has 7 nitrogen and oxygen atoms in total. The molecular weight excluding hydrogens is 246 g/mol. The Balaban J connectivity index is 4.69. The second-order valence-electron chi connectivity index (χ2n) is 3.99. The van der Waals surface area contributed by atoms with Gasteiger partial charge in [-0.25, -0.2) is 9.52 Å². The third kappa shape index (κ3) is 6.44. The summed E-state index contributed by atoms with van der Waals surface area (Å²) in [6, 6.07) is 0. The summed E-state index contributed by atoms with van der Waals surface area (Å²) in [4.78, 5) is 10.9. The molecule has 17 heavy (non-hydrogen) atoms. The van der Waals surface area contributed by atoms with E-state index < -0.39 is 16.3 Å². The summed E-state index contributed by atoms with van der Waals surface area (Å²) in [5, 5.41) is 0. The molecule has 0 aliphatic carbocycles. The summed E-state index contributed by atoms with van der Waals surface area (Å²) in [7, 11) is -2.74. The van der Waals surface area contributed by atoms with E-state index in [2.05, 4.69) is 4.74 Å². The fourth-order valence-electron chi connectivity index (χ4n) is 1.20. The van der Waals surface area contributed by atoms with Crippen molar-refractivity contribution in [2.24, 2.45) is 11.7 Å². The normalized spacial score (nSPS) is 11.9. The van der Waals surface area contributed by atoms with Gasteiger partial charge in [-0.1, -0.05) is 13.8 Å². The van der Waals surface area contributed by atoms with Gasteiger partial charge in [0.2, 0.25) is 0 Å². The fraction of sp³-hybridized carbons (Fsp3) is 0.889. The van der Waals surface area contributed by atoms with Gasteiger partial charge in [0.1, 0.15) is 0 Å². The average Bonchev–Trinajstić information content (AvgIpc) is 2.22. The maximum absolute atomic E-state index is 11.8. The number of nitrogens with two attached hydrogens (primary N) is 1. The number of nitrogens with one attached hydrogen (secondary N) is 1. The lowest BCUT2D eigenvalue weighted by atomic mass is 10.2. The molecule has 0 spiro atoms. The van der Waals surface area contributed by atoms with Crippen molar-refractivity contribution in [3.63, 3.8) is 0 Å². The fourth-order valence-corrected chi connectivity index (χ4v) is 2.48. The Bertz CT molecular complexity index is 329. The largest absolute Gasteiger partial charge is 0.452 e. The number of ether oxygens (including phenoxy) is 1. The van der Waals surface area contributed by atoms with Crippen LogP contribution in [0.1, 0.15) is 20.3 Å². The predicted octanol–water partition coefficient (Wildman–Crippen LogP) is -0.106. The van der Waals surface area contributed by atoms with Crippen molar-refractivity contribution in [3.8, 4) is 0 Å². The van der Waals surface area contributed by atoms with Crippen molar-refractivity contribution in [1.82, 2.24) is 9.03 Å². The van der Waals surface area contributed by atoms with E-state index in [-0.39, 0.29) is 12.5 Å². The van der Waals surface area contributed by atoms with Gasteiger partial charge < -0.3 is 10.5 Å². The lowest BCUT2D eigenvalue weighted by Gasteiger charge is -2.23. The van der Waals surface area contributed by atoms with E-state index in [4.69, 9.17) is 5.73 Å². The number of carbonyl (C=O) groups is 1. The number of amides is 1. The molecule has 0 bridgehead atoms. The molecule has 1 amide bonds. The van der Waals surface area contributed by atoms with Gasteiger partial charge in [0.25, 0.3) is 0 Å². The number of carbonyl (C=O) groups excluding carboxylic acids is 1. The molecule has 0 saturated carbocycles. The Hall–Kier alpha value is -0.860. The Kier molecular flexibility index (Phi) is 7.09. The third-order valence-electron chi connectivity index (χ3n) is 1.92. The van der Waals surface area contributed by atoms with Gasteiger partial charge in [0, 0.05) is 13.1 Å². The highest BCUT2D eigenvalue weighted by Gasteiger charge is 2.24. The van der Waals surface area contributed by atoms with Gasteiger partial charge in [-0.05, 0) is 18.9 Å². The highest BCUT2D eigenvalue weighted by molar-refractivity contribution is 7.87. The van der Waals surface area contributed by atoms with Crippen LogP contribution in [0.15, 0.2) is 0 Å². The highest BCUT2D eigenvalue weighted by Crippen LogP contribution is 2.05. The summed E-state index contributed by atoms with van der Waals surface area (Å²) >= 11 is 0. The van der Waals surface area contributed by atoms with Crippen LogP contribution >= 0.6 is 0 Å². The zero-order valence-corrected chi connectivity index (χ0v) is 11.3. The highest BCUT2D eigenvalue weighted by atomic mass is 32.2. The van der Waals surface area contributed by atoms with Crippen molar-refractivity contribution < 1.29 is 17.9 Å². The standard InChI is InChI=1S/C9H21N3O4S/c1-8(2)7-12(6-4-5-10)17(14,15)11-9(13)16-3/h8H,4-7,10H2,1-3H3,(H,11,13). The number of hydrogen-bond acceptors (Lipinski definition) is 5. The van der Waals surface area contributed by atoms with E-state index in [0.29, 0.717) is 19.5 Å². The molecule has 0 saturated heterocycles. The molecule has 0 aliphatic heterocycles. The first-order valence-electron chi connectivity index (χ1n) is 5.39. The Morgan fingerprint density at radius 3 is 2.47 bits per heavy atom.